The molecule has 1 saturated carbocycles. The van der Waals surface area contributed by atoms with Gasteiger partial charge in [0, 0.05) is 12.7 Å². The highest BCUT2D eigenvalue weighted by Crippen LogP contribution is 2.31. The van der Waals surface area contributed by atoms with Gasteiger partial charge in [-0.15, -0.1) is 5.10 Å². The molecule has 2 aromatic rings. The third-order valence-corrected chi connectivity index (χ3v) is 4.26. The normalized spacial score (nSPS) is 18.3. The summed E-state index contributed by atoms with van der Waals surface area (Å²) in [5, 5.41) is 7.87. The van der Waals surface area contributed by atoms with E-state index in [0.717, 1.165) is 23.0 Å². The second-order valence-electron chi connectivity index (χ2n) is 4.88. The summed E-state index contributed by atoms with van der Waals surface area (Å²) in [7, 11) is 0. The second-order valence-corrected chi connectivity index (χ2v) is 5.73. The summed E-state index contributed by atoms with van der Waals surface area (Å²) in [4.78, 5) is 4.51. The van der Waals surface area contributed by atoms with E-state index < -0.39 is 0 Å². The van der Waals surface area contributed by atoms with Crippen LogP contribution < -0.4 is 11.1 Å². The van der Waals surface area contributed by atoms with Gasteiger partial charge >= 0.3 is 0 Å². The van der Waals surface area contributed by atoms with E-state index in [1.54, 1.807) is 4.52 Å². The van der Waals surface area contributed by atoms with Gasteiger partial charge in [-0.2, -0.15) is 4.98 Å². The molecule has 0 unspecified atom stereocenters. The highest BCUT2D eigenvalue weighted by atomic mass is 79.9. The van der Waals surface area contributed by atoms with Gasteiger partial charge in [-0.25, -0.2) is 4.52 Å². The van der Waals surface area contributed by atoms with Crippen molar-refractivity contribution in [3.8, 4) is 0 Å². The third-order valence-electron chi connectivity index (χ3n) is 3.64. The Morgan fingerprint density at radius 2 is 2.22 bits per heavy atom. The molecule has 2 aromatic heterocycles. The summed E-state index contributed by atoms with van der Waals surface area (Å²) in [5.74, 6) is 0.661. The predicted molar refractivity (Wildman–Crippen MR) is 74.6 cm³/mol. The van der Waals surface area contributed by atoms with Gasteiger partial charge < -0.3 is 11.1 Å². The molecule has 96 valence electrons. The number of rotatable bonds is 3. The molecule has 0 aliphatic heterocycles. The van der Waals surface area contributed by atoms with Crippen LogP contribution in [-0.2, 0) is 0 Å². The lowest BCUT2D eigenvalue weighted by Crippen LogP contribution is -2.43. The Labute approximate surface area is 114 Å². The van der Waals surface area contributed by atoms with E-state index in [9.17, 15) is 0 Å². The molecule has 18 heavy (non-hydrogen) atoms. The molecule has 0 bridgehead atoms. The first-order chi connectivity index (χ1) is 8.72. The first kappa shape index (κ1) is 11.9. The van der Waals surface area contributed by atoms with Crippen molar-refractivity contribution >= 4 is 27.5 Å². The van der Waals surface area contributed by atoms with E-state index in [4.69, 9.17) is 5.73 Å². The molecule has 1 fully saturated rings. The topological polar surface area (TPSA) is 68.2 Å². The van der Waals surface area contributed by atoms with Crippen LogP contribution in [0.1, 0.15) is 25.7 Å². The highest BCUT2D eigenvalue weighted by Gasteiger charge is 2.33. The fourth-order valence-corrected chi connectivity index (χ4v) is 3.02. The number of pyridine rings is 1. The van der Waals surface area contributed by atoms with E-state index in [1.165, 1.54) is 12.8 Å². The fraction of sp³-hybridized carbons (Fsp3) is 0.500. The van der Waals surface area contributed by atoms with Gasteiger partial charge in [0.05, 0.1) is 10.0 Å². The van der Waals surface area contributed by atoms with Crippen LogP contribution in [0.25, 0.3) is 5.65 Å². The van der Waals surface area contributed by atoms with Crippen molar-refractivity contribution in [2.75, 3.05) is 11.9 Å². The Kier molecular flexibility index (Phi) is 2.99. The fourth-order valence-electron chi connectivity index (χ4n) is 2.60. The summed E-state index contributed by atoms with van der Waals surface area (Å²) in [6.07, 6.45) is 6.53. The van der Waals surface area contributed by atoms with Crippen LogP contribution >= 0.6 is 15.9 Å². The number of nitrogens with zero attached hydrogens (tertiary/aromatic N) is 3. The largest absolute Gasteiger partial charge is 0.346 e. The van der Waals surface area contributed by atoms with Crippen LogP contribution in [-0.4, -0.2) is 26.7 Å². The molecule has 0 saturated heterocycles. The van der Waals surface area contributed by atoms with Gasteiger partial charge in [-0.1, -0.05) is 12.8 Å². The van der Waals surface area contributed by atoms with Gasteiger partial charge in [0.25, 0.3) is 0 Å². The molecular formula is C12H16BrN5. The van der Waals surface area contributed by atoms with Crippen LogP contribution in [0, 0.1) is 0 Å². The van der Waals surface area contributed by atoms with Crippen LogP contribution in [0.15, 0.2) is 22.8 Å². The summed E-state index contributed by atoms with van der Waals surface area (Å²) in [6, 6.07) is 3.89. The number of hydrogen-bond donors (Lipinski definition) is 2. The van der Waals surface area contributed by atoms with Gasteiger partial charge in [-0.3, -0.25) is 0 Å². The summed E-state index contributed by atoms with van der Waals surface area (Å²) >= 11 is 3.48. The molecule has 0 amide bonds. The van der Waals surface area contributed by atoms with E-state index in [-0.39, 0.29) is 5.54 Å². The van der Waals surface area contributed by atoms with Crippen molar-refractivity contribution in [1.29, 1.82) is 0 Å². The van der Waals surface area contributed by atoms with Crippen molar-refractivity contribution < 1.29 is 0 Å². The molecular weight excluding hydrogens is 294 g/mol. The summed E-state index contributed by atoms with van der Waals surface area (Å²) < 4.78 is 2.71. The molecule has 5 nitrogen and oxygen atoms in total. The Morgan fingerprint density at radius 1 is 1.44 bits per heavy atom. The van der Waals surface area contributed by atoms with Crippen LogP contribution in [0.5, 0.6) is 0 Å². The number of hydrogen-bond acceptors (Lipinski definition) is 4. The number of aromatic nitrogens is 3. The van der Waals surface area contributed by atoms with E-state index in [1.807, 2.05) is 18.3 Å². The maximum absolute atomic E-state index is 5.91. The minimum absolute atomic E-state index is 0.0165. The van der Waals surface area contributed by atoms with Crippen LogP contribution in [0.4, 0.5) is 5.95 Å². The Bertz CT molecular complexity index is 559. The van der Waals surface area contributed by atoms with Crippen molar-refractivity contribution in [3.05, 3.63) is 22.8 Å². The van der Waals surface area contributed by atoms with Crippen LogP contribution in [0.3, 0.4) is 0 Å². The molecule has 0 aromatic carbocycles. The lowest BCUT2D eigenvalue weighted by Gasteiger charge is -2.27. The Morgan fingerprint density at radius 3 is 2.89 bits per heavy atom. The van der Waals surface area contributed by atoms with Crippen molar-refractivity contribution in [2.45, 2.75) is 31.2 Å². The molecule has 3 N–H and O–H groups in total. The average Bonchev–Trinajstić information content (AvgIpc) is 2.97. The molecule has 2 heterocycles. The highest BCUT2D eigenvalue weighted by molar-refractivity contribution is 9.10. The second kappa shape index (κ2) is 4.51. The standard InChI is InChI=1S/C12H16BrN5/c13-9-4-3-7-18-10(9)15-11(17-18)16-12(8-14)5-1-2-6-12/h3-4,7H,1-2,5-6,8,14H2,(H,16,17). The minimum Gasteiger partial charge on any atom is -0.346 e. The van der Waals surface area contributed by atoms with Crippen molar-refractivity contribution in [2.24, 2.45) is 5.73 Å². The lowest BCUT2D eigenvalue weighted by atomic mass is 9.98. The molecule has 0 radical (unpaired) electrons. The van der Waals surface area contributed by atoms with Crippen LogP contribution in [0.2, 0.25) is 0 Å². The first-order valence-corrected chi connectivity index (χ1v) is 7.01. The zero-order chi connectivity index (χ0) is 12.6. The molecule has 3 rings (SSSR count). The van der Waals surface area contributed by atoms with Crippen molar-refractivity contribution in [3.63, 3.8) is 0 Å². The van der Waals surface area contributed by atoms with Gasteiger partial charge in [-0.05, 0) is 40.9 Å². The van der Waals surface area contributed by atoms with E-state index in [0.29, 0.717) is 12.5 Å². The molecule has 1 aliphatic rings. The van der Waals surface area contributed by atoms with Gasteiger partial charge in [0.2, 0.25) is 5.95 Å². The quantitative estimate of drug-likeness (QED) is 0.912. The Balaban J connectivity index is 1.93. The number of anilines is 1. The molecule has 0 atom stereocenters. The molecule has 0 spiro atoms. The monoisotopic (exact) mass is 309 g/mol. The SMILES string of the molecule is NCC1(Nc2nc3c(Br)cccn3n2)CCCC1. The first-order valence-electron chi connectivity index (χ1n) is 6.22. The van der Waals surface area contributed by atoms with E-state index in [2.05, 4.69) is 31.3 Å². The average molecular weight is 310 g/mol. The summed E-state index contributed by atoms with van der Waals surface area (Å²) in [5.41, 5.74) is 6.71. The number of halogens is 1. The summed E-state index contributed by atoms with van der Waals surface area (Å²) in [6.45, 7) is 0.629. The smallest absolute Gasteiger partial charge is 0.243 e. The predicted octanol–water partition coefficient (Wildman–Crippen LogP) is 2.18. The maximum atomic E-state index is 5.91. The third kappa shape index (κ3) is 1.99. The number of nitrogens with one attached hydrogen (secondary N) is 1. The lowest BCUT2D eigenvalue weighted by molar-refractivity contribution is 0.489. The zero-order valence-corrected chi connectivity index (χ0v) is 11.7. The van der Waals surface area contributed by atoms with Gasteiger partial charge in [0.15, 0.2) is 5.65 Å². The number of fused-ring (bicyclic) bond motifs is 1. The van der Waals surface area contributed by atoms with Crippen molar-refractivity contribution in [1.82, 2.24) is 14.6 Å². The Hall–Kier alpha value is -1.14. The minimum atomic E-state index is -0.0165. The number of nitrogens with two attached hydrogens (primary N) is 1. The zero-order valence-electron chi connectivity index (χ0n) is 10.1. The maximum Gasteiger partial charge on any atom is 0.243 e. The van der Waals surface area contributed by atoms with E-state index >= 15 is 0 Å². The van der Waals surface area contributed by atoms with Gasteiger partial charge in [0.1, 0.15) is 0 Å². The molecule has 1 aliphatic carbocycles. The molecule has 6 heteroatoms.